The summed E-state index contributed by atoms with van der Waals surface area (Å²) in [6.45, 7) is 2.08. The Balaban J connectivity index is 1.89. The summed E-state index contributed by atoms with van der Waals surface area (Å²) in [6.07, 6.45) is 2.83. The van der Waals surface area contributed by atoms with Gasteiger partial charge in [0.25, 0.3) is 0 Å². The molecule has 2 N–H and O–H groups in total. The Morgan fingerprint density at radius 2 is 2.54 bits per heavy atom. The molecule has 13 heavy (non-hydrogen) atoms. The van der Waals surface area contributed by atoms with E-state index in [0.29, 0.717) is 25.0 Å². The number of nitrogens with two attached hydrogens (primary N) is 1. The van der Waals surface area contributed by atoms with Crippen LogP contribution < -0.4 is 5.73 Å². The van der Waals surface area contributed by atoms with Crippen molar-refractivity contribution < 1.29 is 9.47 Å². The SMILES string of the molecule is Nc1ncc(CC2COCCO2)s1. The second-order valence-corrected chi connectivity index (χ2v) is 4.08. The van der Waals surface area contributed by atoms with Crippen molar-refractivity contribution in [3.8, 4) is 0 Å². The summed E-state index contributed by atoms with van der Waals surface area (Å²) in [4.78, 5) is 5.14. The molecule has 1 fully saturated rings. The third-order valence-corrected chi connectivity index (χ3v) is 2.73. The van der Waals surface area contributed by atoms with Crippen LogP contribution in [-0.4, -0.2) is 30.9 Å². The molecular formula is C8H12N2O2S. The molecule has 2 heterocycles. The van der Waals surface area contributed by atoms with Crippen molar-refractivity contribution in [1.29, 1.82) is 0 Å². The van der Waals surface area contributed by atoms with Crippen LogP contribution in [0.1, 0.15) is 4.88 Å². The van der Waals surface area contributed by atoms with E-state index in [4.69, 9.17) is 15.2 Å². The van der Waals surface area contributed by atoms with Crippen LogP contribution in [0.25, 0.3) is 0 Å². The van der Waals surface area contributed by atoms with Gasteiger partial charge in [-0.2, -0.15) is 0 Å². The van der Waals surface area contributed by atoms with Gasteiger partial charge in [-0.15, -0.1) is 11.3 Å². The number of thiazole rings is 1. The van der Waals surface area contributed by atoms with Gasteiger partial charge in [-0.1, -0.05) is 0 Å². The fourth-order valence-corrected chi connectivity index (χ4v) is 2.04. The number of rotatable bonds is 2. The van der Waals surface area contributed by atoms with Gasteiger partial charge in [-0.05, 0) is 0 Å². The monoisotopic (exact) mass is 200 g/mol. The molecule has 0 aromatic carbocycles. The molecule has 0 amide bonds. The zero-order chi connectivity index (χ0) is 9.10. The molecule has 1 aromatic rings. The molecule has 1 saturated heterocycles. The van der Waals surface area contributed by atoms with E-state index in [1.54, 1.807) is 6.20 Å². The summed E-state index contributed by atoms with van der Waals surface area (Å²) in [5.41, 5.74) is 5.52. The van der Waals surface area contributed by atoms with Gasteiger partial charge >= 0.3 is 0 Å². The average Bonchev–Trinajstić information content (AvgIpc) is 2.53. The molecule has 0 saturated carbocycles. The summed E-state index contributed by atoms with van der Waals surface area (Å²) >= 11 is 1.51. The van der Waals surface area contributed by atoms with Crippen LogP contribution in [0.5, 0.6) is 0 Å². The van der Waals surface area contributed by atoms with E-state index < -0.39 is 0 Å². The second-order valence-electron chi connectivity index (χ2n) is 2.94. The van der Waals surface area contributed by atoms with Crippen molar-refractivity contribution in [2.24, 2.45) is 0 Å². The number of hydrogen-bond donors (Lipinski definition) is 1. The first-order chi connectivity index (χ1) is 6.34. The van der Waals surface area contributed by atoms with Crippen LogP contribution in [0.3, 0.4) is 0 Å². The number of nitrogens with zero attached hydrogens (tertiary/aromatic N) is 1. The third kappa shape index (κ3) is 2.40. The molecule has 1 aromatic heterocycles. The fourth-order valence-electron chi connectivity index (χ4n) is 1.30. The van der Waals surface area contributed by atoms with E-state index in [1.807, 2.05) is 0 Å². The number of ether oxygens (including phenoxy) is 2. The van der Waals surface area contributed by atoms with Crippen molar-refractivity contribution in [3.63, 3.8) is 0 Å². The molecule has 1 aliphatic rings. The molecule has 1 unspecified atom stereocenters. The maximum Gasteiger partial charge on any atom is 0.180 e. The van der Waals surface area contributed by atoms with Gasteiger partial charge in [0.2, 0.25) is 0 Å². The molecule has 0 spiro atoms. The highest BCUT2D eigenvalue weighted by Gasteiger charge is 2.15. The van der Waals surface area contributed by atoms with E-state index in [0.717, 1.165) is 11.3 Å². The predicted molar refractivity (Wildman–Crippen MR) is 50.8 cm³/mol. The number of hydrogen-bond acceptors (Lipinski definition) is 5. The maximum atomic E-state index is 5.52. The Kier molecular flexibility index (Phi) is 2.77. The normalized spacial score (nSPS) is 23.2. The van der Waals surface area contributed by atoms with Gasteiger partial charge in [-0.25, -0.2) is 4.98 Å². The van der Waals surface area contributed by atoms with Crippen LogP contribution >= 0.6 is 11.3 Å². The molecule has 0 aliphatic carbocycles. The lowest BCUT2D eigenvalue weighted by molar-refractivity contribution is -0.0869. The minimum absolute atomic E-state index is 0.175. The minimum Gasteiger partial charge on any atom is -0.376 e. The number of anilines is 1. The highest BCUT2D eigenvalue weighted by Crippen LogP contribution is 2.18. The molecular weight excluding hydrogens is 188 g/mol. The largest absolute Gasteiger partial charge is 0.376 e. The first kappa shape index (κ1) is 8.93. The quantitative estimate of drug-likeness (QED) is 0.763. The van der Waals surface area contributed by atoms with Crippen molar-refractivity contribution >= 4 is 16.5 Å². The van der Waals surface area contributed by atoms with Gasteiger partial charge in [-0.3, -0.25) is 0 Å². The Morgan fingerprint density at radius 3 is 3.15 bits per heavy atom. The van der Waals surface area contributed by atoms with Gasteiger partial charge in [0.15, 0.2) is 5.13 Å². The molecule has 2 rings (SSSR count). The smallest absolute Gasteiger partial charge is 0.180 e. The molecule has 72 valence electrons. The van der Waals surface area contributed by atoms with E-state index in [1.165, 1.54) is 11.3 Å². The Bertz CT molecular complexity index is 271. The van der Waals surface area contributed by atoms with Crippen LogP contribution in [0.4, 0.5) is 5.13 Å². The first-order valence-electron chi connectivity index (χ1n) is 4.24. The van der Waals surface area contributed by atoms with E-state index in [-0.39, 0.29) is 6.10 Å². The zero-order valence-electron chi connectivity index (χ0n) is 7.23. The Labute approximate surface area is 80.7 Å². The standard InChI is InChI=1S/C8H12N2O2S/c9-8-10-4-7(13-8)3-6-5-11-1-2-12-6/h4,6H,1-3,5H2,(H2,9,10). The van der Waals surface area contributed by atoms with Crippen LogP contribution in [-0.2, 0) is 15.9 Å². The minimum atomic E-state index is 0.175. The Hall–Kier alpha value is -0.650. The Morgan fingerprint density at radius 1 is 1.62 bits per heavy atom. The highest BCUT2D eigenvalue weighted by atomic mass is 32.1. The summed E-state index contributed by atoms with van der Waals surface area (Å²) in [6, 6.07) is 0. The van der Waals surface area contributed by atoms with E-state index in [9.17, 15) is 0 Å². The van der Waals surface area contributed by atoms with Crippen LogP contribution in [0, 0.1) is 0 Å². The van der Waals surface area contributed by atoms with Gasteiger partial charge in [0.05, 0.1) is 25.9 Å². The lowest BCUT2D eigenvalue weighted by Crippen LogP contribution is -2.29. The fraction of sp³-hybridized carbons (Fsp3) is 0.625. The lowest BCUT2D eigenvalue weighted by Gasteiger charge is -2.21. The summed E-state index contributed by atoms with van der Waals surface area (Å²) in [5.74, 6) is 0. The first-order valence-corrected chi connectivity index (χ1v) is 5.06. The average molecular weight is 200 g/mol. The van der Waals surface area contributed by atoms with Crippen LogP contribution in [0.15, 0.2) is 6.20 Å². The highest BCUT2D eigenvalue weighted by molar-refractivity contribution is 7.15. The van der Waals surface area contributed by atoms with Crippen molar-refractivity contribution in [3.05, 3.63) is 11.1 Å². The molecule has 1 atom stereocenters. The topological polar surface area (TPSA) is 57.4 Å². The van der Waals surface area contributed by atoms with Crippen molar-refractivity contribution in [2.75, 3.05) is 25.6 Å². The molecule has 4 nitrogen and oxygen atoms in total. The lowest BCUT2D eigenvalue weighted by atomic mass is 10.2. The molecule has 0 radical (unpaired) electrons. The third-order valence-electron chi connectivity index (χ3n) is 1.89. The summed E-state index contributed by atoms with van der Waals surface area (Å²) in [5, 5.41) is 0.617. The maximum absolute atomic E-state index is 5.52. The number of nitrogen functional groups attached to an aromatic ring is 1. The molecule has 0 bridgehead atoms. The van der Waals surface area contributed by atoms with Crippen LogP contribution in [0.2, 0.25) is 0 Å². The predicted octanol–water partition coefficient (Wildman–Crippen LogP) is 0.683. The second kappa shape index (κ2) is 4.04. The van der Waals surface area contributed by atoms with Crippen molar-refractivity contribution in [2.45, 2.75) is 12.5 Å². The van der Waals surface area contributed by atoms with E-state index >= 15 is 0 Å². The van der Waals surface area contributed by atoms with Gasteiger partial charge in [0.1, 0.15) is 0 Å². The van der Waals surface area contributed by atoms with Crippen molar-refractivity contribution in [1.82, 2.24) is 4.98 Å². The summed E-state index contributed by atoms with van der Waals surface area (Å²) in [7, 11) is 0. The van der Waals surface area contributed by atoms with E-state index in [2.05, 4.69) is 4.98 Å². The molecule has 5 heteroatoms. The molecule has 1 aliphatic heterocycles. The van der Waals surface area contributed by atoms with Gasteiger partial charge < -0.3 is 15.2 Å². The summed E-state index contributed by atoms with van der Waals surface area (Å²) < 4.78 is 10.8. The van der Waals surface area contributed by atoms with Gasteiger partial charge in [0, 0.05) is 17.5 Å². The number of aromatic nitrogens is 1. The zero-order valence-corrected chi connectivity index (χ0v) is 8.05.